The molecule has 0 heterocycles. The fraction of sp³-hybridized carbons (Fsp3) is 0.357. The van der Waals surface area contributed by atoms with Crippen LogP contribution in [0.15, 0.2) is 35.3 Å². The monoisotopic (exact) mass is 265 g/mol. The maximum Gasteiger partial charge on any atom is 0.193 e. The molecule has 102 valence electrons. The molecule has 3 nitrogen and oxygen atoms in total. The highest BCUT2D eigenvalue weighted by atomic mass is 19.1. The first-order chi connectivity index (χ1) is 9.15. The van der Waals surface area contributed by atoms with Crippen LogP contribution in [0.1, 0.15) is 19.3 Å². The number of guanidine groups is 1. The molecule has 3 N–H and O–H groups in total. The molecule has 0 aliphatic heterocycles. The lowest BCUT2D eigenvalue weighted by Crippen LogP contribution is -2.24. The first kappa shape index (κ1) is 13.5. The molecule has 0 bridgehead atoms. The van der Waals surface area contributed by atoms with Crippen molar-refractivity contribution >= 4 is 11.6 Å². The summed E-state index contributed by atoms with van der Waals surface area (Å²) in [4.78, 5) is 4.17. The van der Waals surface area contributed by atoms with E-state index in [9.17, 15) is 8.78 Å². The van der Waals surface area contributed by atoms with Gasteiger partial charge in [0.05, 0.1) is 5.69 Å². The molecule has 5 heteroatoms. The van der Waals surface area contributed by atoms with E-state index in [2.05, 4.69) is 22.5 Å². The lowest BCUT2D eigenvalue weighted by molar-refractivity contribution is 0.492. The van der Waals surface area contributed by atoms with Crippen molar-refractivity contribution in [1.29, 1.82) is 0 Å². The van der Waals surface area contributed by atoms with E-state index >= 15 is 0 Å². The minimum atomic E-state index is -0.555. The molecular formula is C14H17F2N3. The molecule has 2 rings (SSSR count). The molecule has 19 heavy (non-hydrogen) atoms. The number of rotatable bonds is 3. The first-order valence-corrected chi connectivity index (χ1v) is 6.32. The minimum Gasteiger partial charge on any atom is -0.370 e. The van der Waals surface area contributed by atoms with Gasteiger partial charge in [-0.1, -0.05) is 12.2 Å². The molecule has 0 radical (unpaired) electrons. The Kier molecular flexibility index (Phi) is 4.49. The lowest BCUT2D eigenvalue weighted by atomic mass is 9.95. The van der Waals surface area contributed by atoms with E-state index in [1.807, 2.05) is 0 Å². The van der Waals surface area contributed by atoms with Crippen molar-refractivity contribution in [2.45, 2.75) is 19.3 Å². The second kappa shape index (κ2) is 6.31. The smallest absolute Gasteiger partial charge is 0.193 e. The van der Waals surface area contributed by atoms with Crippen LogP contribution in [0.3, 0.4) is 0 Å². The van der Waals surface area contributed by atoms with Crippen molar-refractivity contribution < 1.29 is 8.78 Å². The predicted octanol–water partition coefficient (Wildman–Crippen LogP) is 3.05. The number of halogens is 2. The lowest BCUT2D eigenvalue weighted by Gasteiger charge is -2.15. The van der Waals surface area contributed by atoms with E-state index in [1.165, 1.54) is 0 Å². The molecule has 0 fully saturated rings. The fourth-order valence-electron chi connectivity index (χ4n) is 2.02. The van der Waals surface area contributed by atoms with Crippen molar-refractivity contribution in [2.75, 3.05) is 11.9 Å². The maximum absolute atomic E-state index is 13.4. The molecule has 0 amide bonds. The van der Waals surface area contributed by atoms with Gasteiger partial charge in [-0.2, -0.15) is 0 Å². The summed E-state index contributed by atoms with van der Waals surface area (Å²) in [5.41, 5.74) is 5.68. The van der Waals surface area contributed by atoms with Crippen LogP contribution in [0, 0.1) is 17.6 Å². The van der Waals surface area contributed by atoms with Gasteiger partial charge < -0.3 is 11.1 Å². The number of aliphatic imine (C=N–C) groups is 1. The number of hydrogen-bond acceptors (Lipinski definition) is 1. The molecule has 1 aliphatic carbocycles. The van der Waals surface area contributed by atoms with Gasteiger partial charge in [0.25, 0.3) is 0 Å². The molecule has 1 aromatic rings. The zero-order valence-electron chi connectivity index (χ0n) is 10.6. The summed E-state index contributed by atoms with van der Waals surface area (Å²) < 4.78 is 26.4. The van der Waals surface area contributed by atoms with Crippen LogP contribution in [0.4, 0.5) is 14.5 Å². The Hall–Kier alpha value is -1.91. The van der Waals surface area contributed by atoms with Gasteiger partial charge in [0, 0.05) is 12.6 Å². The Morgan fingerprint density at radius 2 is 2.21 bits per heavy atom. The SMILES string of the molecule is NC(=NCC1CC=CCC1)Nc1cc(F)ccc1F. The summed E-state index contributed by atoms with van der Waals surface area (Å²) in [5.74, 6) is -0.490. The predicted molar refractivity (Wildman–Crippen MR) is 73.0 cm³/mol. The topological polar surface area (TPSA) is 50.4 Å². The molecule has 0 saturated carbocycles. The largest absolute Gasteiger partial charge is 0.370 e. The van der Waals surface area contributed by atoms with Crippen LogP contribution in [0.25, 0.3) is 0 Å². The van der Waals surface area contributed by atoms with E-state index in [4.69, 9.17) is 5.73 Å². The highest BCUT2D eigenvalue weighted by Crippen LogP contribution is 2.18. The minimum absolute atomic E-state index is 0.00444. The normalized spacial score (nSPS) is 19.5. The maximum atomic E-state index is 13.4. The molecule has 0 saturated heterocycles. The quantitative estimate of drug-likeness (QED) is 0.501. The summed E-state index contributed by atoms with van der Waals surface area (Å²) in [6.45, 7) is 0.597. The number of anilines is 1. The van der Waals surface area contributed by atoms with E-state index in [-0.39, 0.29) is 11.6 Å². The molecule has 1 atom stereocenters. The first-order valence-electron chi connectivity index (χ1n) is 6.32. The third-order valence-corrected chi connectivity index (χ3v) is 3.09. The van der Waals surface area contributed by atoms with Crippen molar-refractivity contribution in [3.8, 4) is 0 Å². The van der Waals surface area contributed by atoms with Gasteiger partial charge in [-0.05, 0) is 37.3 Å². The second-order valence-corrected chi connectivity index (χ2v) is 4.63. The number of benzene rings is 1. The van der Waals surface area contributed by atoms with Crippen molar-refractivity contribution in [3.05, 3.63) is 42.0 Å². The third-order valence-electron chi connectivity index (χ3n) is 3.09. The van der Waals surface area contributed by atoms with Crippen LogP contribution in [0.5, 0.6) is 0 Å². The number of nitrogens with two attached hydrogens (primary N) is 1. The van der Waals surface area contributed by atoms with Crippen LogP contribution >= 0.6 is 0 Å². The summed E-state index contributed by atoms with van der Waals surface area (Å²) in [6, 6.07) is 3.17. The number of allylic oxidation sites excluding steroid dienone is 2. The van der Waals surface area contributed by atoms with Gasteiger partial charge in [-0.25, -0.2) is 8.78 Å². The summed E-state index contributed by atoms with van der Waals surface area (Å²) in [5, 5.41) is 2.59. The Bertz CT molecular complexity index is 497. The van der Waals surface area contributed by atoms with E-state index in [0.717, 1.165) is 37.5 Å². The van der Waals surface area contributed by atoms with Gasteiger partial charge in [-0.15, -0.1) is 0 Å². The molecular weight excluding hydrogens is 248 g/mol. The molecule has 1 aromatic carbocycles. The van der Waals surface area contributed by atoms with Crippen LogP contribution in [-0.4, -0.2) is 12.5 Å². The van der Waals surface area contributed by atoms with Crippen LogP contribution in [0.2, 0.25) is 0 Å². The molecule has 1 aliphatic rings. The average molecular weight is 265 g/mol. The third kappa shape index (κ3) is 4.05. The highest BCUT2D eigenvalue weighted by molar-refractivity contribution is 5.92. The number of nitrogens with zero attached hydrogens (tertiary/aromatic N) is 1. The van der Waals surface area contributed by atoms with E-state index in [1.54, 1.807) is 0 Å². The summed E-state index contributed by atoms with van der Waals surface area (Å²) >= 11 is 0. The van der Waals surface area contributed by atoms with Crippen molar-refractivity contribution in [1.82, 2.24) is 0 Å². The van der Waals surface area contributed by atoms with Gasteiger partial charge in [0.15, 0.2) is 5.96 Å². The Labute approximate surface area is 111 Å². The highest BCUT2D eigenvalue weighted by Gasteiger charge is 2.09. The van der Waals surface area contributed by atoms with Crippen molar-refractivity contribution in [2.24, 2.45) is 16.6 Å². The fourth-order valence-corrected chi connectivity index (χ4v) is 2.02. The van der Waals surface area contributed by atoms with E-state index in [0.29, 0.717) is 12.5 Å². The summed E-state index contributed by atoms with van der Waals surface area (Å²) in [6.07, 6.45) is 7.43. The Morgan fingerprint density at radius 3 is 2.95 bits per heavy atom. The molecule has 1 unspecified atom stereocenters. The van der Waals surface area contributed by atoms with Gasteiger partial charge >= 0.3 is 0 Å². The molecule has 0 spiro atoms. The zero-order chi connectivity index (χ0) is 13.7. The van der Waals surface area contributed by atoms with Crippen LogP contribution in [-0.2, 0) is 0 Å². The van der Waals surface area contributed by atoms with Gasteiger partial charge in [0.2, 0.25) is 0 Å². The summed E-state index contributed by atoms with van der Waals surface area (Å²) in [7, 11) is 0. The van der Waals surface area contributed by atoms with Gasteiger partial charge in [-0.3, -0.25) is 4.99 Å². The Balaban J connectivity index is 1.94. The van der Waals surface area contributed by atoms with Crippen molar-refractivity contribution in [3.63, 3.8) is 0 Å². The number of nitrogens with one attached hydrogen (secondary N) is 1. The molecule has 0 aromatic heterocycles. The van der Waals surface area contributed by atoms with E-state index < -0.39 is 11.6 Å². The van der Waals surface area contributed by atoms with Crippen LogP contribution < -0.4 is 11.1 Å². The second-order valence-electron chi connectivity index (χ2n) is 4.63. The number of hydrogen-bond donors (Lipinski definition) is 2. The van der Waals surface area contributed by atoms with Gasteiger partial charge in [0.1, 0.15) is 11.6 Å². The zero-order valence-corrected chi connectivity index (χ0v) is 10.6. The average Bonchev–Trinajstić information content (AvgIpc) is 2.42. The Morgan fingerprint density at radius 1 is 1.37 bits per heavy atom. The standard InChI is InChI=1S/C14H17F2N3/c15-11-6-7-12(16)13(8-11)19-14(17)18-9-10-4-2-1-3-5-10/h1-2,6-8,10H,3-5,9H2,(H3,17,18,19).